The quantitative estimate of drug-likeness (QED) is 0.379. The van der Waals surface area contributed by atoms with Gasteiger partial charge in [0.15, 0.2) is 5.60 Å². The summed E-state index contributed by atoms with van der Waals surface area (Å²) in [5, 5.41) is 0. The van der Waals surface area contributed by atoms with Gasteiger partial charge in [0, 0.05) is 24.1 Å². The average Bonchev–Trinajstić information content (AvgIpc) is 2.92. The third kappa shape index (κ3) is 3.67. The number of ether oxygens (including phenoxy) is 1. The van der Waals surface area contributed by atoms with Crippen molar-refractivity contribution < 1.29 is 19.1 Å². The molecule has 1 aromatic rings. The molecule has 28 heavy (non-hydrogen) atoms. The van der Waals surface area contributed by atoms with Gasteiger partial charge >= 0.3 is 5.97 Å². The van der Waals surface area contributed by atoms with Gasteiger partial charge < -0.3 is 4.74 Å². The fourth-order valence-corrected chi connectivity index (χ4v) is 4.43. The lowest BCUT2D eigenvalue weighted by molar-refractivity contribution is -0.149. The Morgan fingerprint density at radius 2 is 2.04 bits per heavy atom. The largest absolute Gasteiger partial charge is 0.450 e. The predicted molar refractivity (Wildman–Crippen MR) is 107 cm³/mol. The maximum absolute atomic E-state index is 13.1. The molecular formula is C23H29NO4. The zero-order valence-corrected chi connectivity index (χ0v) is 17.0. The molecule has 3 atom stereocenters. The SMILES string of the molecule is CC=Cc1cc2c(cn1)C(=O)[C@@]1(C)OC(=O)[C@@H](C(=O)CCCCCCC)[C@@H]1C2. The number of allylic oxidation sites excluding steroid dienone is 1. The summed E-state index contributed by atoms with van der Waals surface area (Å²) in [6.45, 7) is 5.70. The van der Waals surface area contributed by atoms with E-state index in [0.29, 0.717) is 18.4 Å². The Hall–Kier alpha value is -2.30. The van der Waals surface area contributed by atoms with Crippen molar-refractivity contribution in [3.05, 3.63) is 35.2 Å². The molecule has 1 aliphatic heterocycles. The van der Waals surface area contributed by atoms with Crippen LogP contribution in [0, 0.1) is 11.8 Å². The van der Waals surface area contributed by atoms with Crippen molar-refractivity contribution in [1.29, 1.82) is 0 Å². The van der Waals surface area contributed by atoms with Gasteiger partial charge in [0.2, 0.25) is 5.78 Å². The number of Topliss-reactive ketones (excluding diaryl/α,β-unsaturated/α-hetero) is 2. The smallest absolute Gasteiger partial charge is 0.317 e. The van der Waals surface area contributed by atoms with Crippen LogP contribution in [0.15, 0.2) is 18.3 Å². The second-order valence-corrected chi connectivity index (χ2v) is 8.04. The van der Waals surface area contributed by atoms with E-state index < -0.39 is 23.4 Å². The minimum absolute atomic E-state index is 0.0887. The van der Waals surface area contributed by atoms with E-state index >= 15 is 0 Å². The highest BCUT2D eigenvalue weighted by Gasteiger charge is 2.61. The predicted octanol–water partition coefficient (Wildman–Crippen LogP) is 4.33. The van der Waals surface area contributed by atoms with Gasteiger partial charge in [-0.3, -0.25) is 19.4 Å². The molecule has 0 bridgehead atoms. The van der Waals surface area contributed by atoms with Gasteiger partial charge in [-0.15, -0.1) is 0 Å². The molecule has 0 aromatic carbocycles. The number of carbonyl (C=O) groups excluding carboxylic acids is 3. The molecule has 1 fully saturated rings. The second-order valence-electron chi connectivity index (χ2n) is 8.04. The Bertz CT molecular complexity index is 813. The number of unbranched alkanes of at least 4 members (excludes halogenated alkanes) is 4. The van der Waals surface area contributed by atoms with E-state index in [1.54, 1.807) is 13.1 Å². The molecule has 0 amide bonds. The molecule has 150 valence electrons. The number of nitrogens with zero attached hydrogens (tertiary/aromatic N) is 1. The Labute approximate surface area is 166 Å². The molecule has 2 aliphatic rings. The molecule has 1 aromatic heterocycles. The molecule has 0 unspecified atom stereocenters. The Morgan fingerprint density at radius 3 is 2.75 bits per heavy atom. The summed E-state index contributed by atoms with van der Waals surface area (Å²) in [6, 6.07) is 1.88. The van der Waals surface area contributed by atoms with Crippen LogP contribution >= 0.6 is 0 Å². The molecule has 0 N–H and O–H groups in total. The monoisotopic (exact) mass is 383 g/mol. The normalized spacial score (nSPS) is 26.2. The first-order valence-electron chi connectivity index (χ1n) is 10.3. The van der Waals surface area contributed by atoms with Gasteiger partial charge in [0.05, 0.1) is 5.69 Å². The Balaban J connectivity index is 1.81. The first-order chi connectivity index (χ1) is 13.4. The minimum Gasteiger partial charge on any atom is -0.450 e. The van der Waals surface area contributed by atoms with Crippen molar-refractivity contribution >= 4 is 23.6 Å². The number of carbonyl (C=O) groups is 3. The van der Waals surface area contributed by atoms with E-state index in [9.17, 15) is 14.4 Å². The molecule has 1 saturated heterocycles. The molecule has 0 radical (unpaired) electrons. The molecule has 5 heteroatoms. The molecule has 5 nitrogen and oxygen atoms in total. The second kappa shape index (κ2) is 8.38. The fourth-order valence-electron chi connectivity index (χ4n) is 4.43. The summed E-state index contributed by atoms with van der Waals surface area (Å²) >= 11 is 0. The number of fused-ring (bicyclic) bond motifs is 2. The first kappa shape index (κ1) is 20.4. The van der Waals surface area contributed by atoms with Crippen LogP contribution in [0.1, 0.15) is 80.9 Å². The van der Waals surface area contributed by atoms with E-state index in [1.165, 1.54) is 0 Å². The molecule has 2 heterocycles. The number of ketones is 2. The summed E-state index contributed by atoms with van der Waals surface area (Å²) in [5.41, 5.74) is 0.833. The van der Waals surface area contributed by atoms with Crippen LogP contribution < -0.4 is 0 Å². The van der Waals surface area contributed by atoms with E-state index in [2.05, 4.69) is 11.9 Å². The maximum atomic E-state index is 13.1. The molecule has 1 aliphatic carbocycles. The van der Waals surface area contributed by atoms with E-state index in [0.717, 1.165) is 43.4 Å². The van der Waals surface area contributed by atoms with Crippen molar-refractivity contribution in [1.82, 2.24) is 4.98 Å². The van der Waals surface area contributed by atoms with Gasteiger partial charge in [-0.2, -0.15) is 0 Å². The molecule has 0 spiro atoms. The van der Waals surface area contributed by atoms with Gasteiger partial charge in [0.25, 0.3) is 0 Å². The fraction of sp³-hybridized carbons (Fsp3) is 0.565. The number of hydrogen-bond acceptors (Lipinski definition) is 5. The average molecular weight is 383 g/mol. The summed E-state index contributed by atoms with van der Waals surface area (Å²) < 4.78 is 5.53. The Kier molecular flexibility index (Phi) is 6.11. The lowest BCUT2D eigenvalue weighted by Crippen LogP contribution is -2.47. The van der Waals surface area contributed by atoms with Gasteiger partial charge in [-0.25, -0.2) is 0 Å². The highest BCUT2D eigenvalue weighted by molar-refractivity contribution is 6.11. The molecule has 0 saturated carbocycles. The number of esters is 1. The van der Waals surface area contributed by atoms with Crippen molar-refractivity contribution in [2.75, 3.05) is 0 Å². The van der Waals surface area contributed by atoms with Crippen molar-refractivity contribution in [2.45, 2.75) is 71.3 Å². The Morgan fingerprint density at radius 1 is 1.29 bits per heavy atom. The summed E-state index contributed by atoms with van der Waals surface area (Å²) in [4.78, 5) is 42.8. The maximum Gasteiger partial charge on any atom is 0.317 e. The van der Waals surface area contributed by atoms with Crippen molar-refractivity contribution in [2.24, 2.45) is 11.8 Å². The van der Waals surface area contributed by atoms with Crippen LogP contribution in [0.4, 0.5) is 0 Å². The lowest BCUT2D eigenvalue weighted by Gasteiger charge is -2.34. The van der Waals surface area contributed by atoms with Crippen LogP contribution in [-0.2, 0) is 20.7 Å². The summed E-state index contributed by atoms with van der Waals surface area (Å²) in [5.74, 6) is -2.16. The van der Waals surface area contributed by atoms with Crippen LogP contribution in [-0.4, -0.2) is 28.1 Å². The molecular weight excluding hydrogens is 354 g/mol. The highest BCUT2D eigenvalue weighted by atomic mass is 16.6. The first-order valence-corrected chi connectivity index (χ1v) is 10.3. The summed E-state index contributed by atoms with van der Waals surface area (Å²) in [7, 11) is 0. The number of pyridine rings is 1. The molecule has 3 rings (SSSR count). The zero-order chi connectivity index (χ0) is 20.3. The van der Waals surface area contributed by atoms with Gasteiger partial charge in [0.1, 0.15) is 11.7 Å². The van der Waals surface area contributed by atoms with E-state index in [4.69, 9.17) is 4.74 Å². The van der Waals surface area contributed by atoms with E-state index in [1.807, 2.05) is 25.1 Å². The lowest BCUT2D eigenvalue weighted by atomic mass is 9.68. The van der Waals surface area contributed by atoms with Crippen LogP contribution in [0.25, 0.3) is 6.08 Å². The minimum atomic E-state index is -1.27. The zero-order valence-electron chi connectivity index (χ0n) is 17.0. The standard InChI is InChI=1S/C23H29NO4/c1-4-6-7-8-9-11-19(25)20-18-13-15-12-16(10-5-2)24-14-17(15)21(26)23(18,3)28-22(20)27/h5,10,12,14,18,20H,4,6-9,11,13H2,1-3H3/t18-,20+,23-/m0/s1. The number of rotatable bonds is 8. The van der Waals surface area contributed by atoms with Crippen molar-refractivity contribution in [3.63, 3.8) is 0 Å². The topological polar surface area (TPSA) is 73.3 Å². The number of hydrogen-bond donors (Lipinski definition) is 0. The van der Waals surface area contributed by atoms with Crippen LogP contribution in [0.2, 0.25) is 0 Å². The third-order valence-electron chi connectivity index (χ3n) is 6.03. The van der Waals surface area contributed by atoms with Gasteiger partial charge in [-0.05, 0) is 44.4 Å². The van der Waals surface area contributed by atoms with Crippen LogP contribution in [0.5, 0.6) is 0 Å². The summed E-state index contributed by atoms with van der Waals surface area (Å²) in [6.07, 6.45) is 11.3. The van der Waals surface area contributed by atoms with Crippen LogP contribution in [0.3, 0.4) is 0 Å². The third-order valence-corrected chi connectivity index (χ3v) is 6.03. The highest BCUT2D eigenvalue weighted by Crippen LogP contribution is 2.46. The number of aromatic nitrogens is 1. The van der Waals surface area contributed by atoms with E-state index in [-0.39, 0.29) is 11.6 Å². The van der Waals surface area contributed by atoms with Crippen molar-refractivity contribution in [3.8, 4) is 0 Å². The van der Waals surface area contributed by atoms with Gasteiger partial charge in [-0.1, -0.05) is 38.7 Å².